The van der Waals surface area contributed by atoms with Crippen LogP contribution in [0.3, 0.4) is 0 Å². The summed E-state index contributed by atoms with van der Waals surface area (Å²) in [4.78, 5) is 16.0. The number of aliphatic carboxylic acids is 1. The van der Waals surface area contributed by atoms with Crippen molar-refractivity contribution in [3.8, 4) is 0 Å². The molecule has 17 heavy (non-hydrogen) atoms. The zero-order chi connectivity index (χ0) is 11.8. The normalized spacial score (nSPS) is 18.1. The van der Waals surface area contributed by atoms with E-state index in [1.807, 2.05) is 17.5 Å². The van der Waals surface area contributed by atoms with E-state index in [9.17, 15) is 4.79 Å². The van der Waals surface area contributed by atoms with E-state index in [-0.39, 0.29) is 11.7 Å². The van der Waals surface area contributed by atoms with Gasteiger partial charge in [-0.3, -0.25) is 0 Å². The maximum Gasteiger partial charge on any atom is 0.352 e. The third-order valence-electron chi connectivity index (χ3n) is 2.47. The van der Waals surface area contributed by atoms with Crippen molar-refractivity contribution in [3.05, 3.63) is 40.5 Å². The summed E-state index contributed by atoms with van der Waals surface area (Å²) < 4.78 is 1.66. The summed E-state index contributed by atoms with van der Waals surface area (Å²) in [5.41, 5.74) is 0.129. The number of hydrogen-bond acceptors (Lipinski definition) is 5. The Morgan fingerprint density at radius 2 is 2.47 bits per heavy atom. The molecule has 2 aromatic heterocycles. The quantitative estimate of drug-likeness (QED) is 0.838. The standard InChI is InChI=1S/C10H8N4O2S/c15-9(16)6-4-7(8-2-1-3-17-8)14-10(13-6)11-5-12-14/h1-5,7H,(H,15,16)(H,11,12,13)/t7-/m0/s1. The number of carboxylic acids is 1. The Labute approximate surface area is 100 Å². The lowest BCUT2D eigenvalue weighted by Crippen LogP contribution is -2.23. The van der Waals surface area contributed by atoms with E-state index >= 15 is 0 Å². The SMILES string of the molecule is O=C(O)C1=C[C@@H](c2cccs2)n2ncnc2N1. The number of anilines is 1. The van der Waals surface area contributed by atoms with Crippen LogP contribution in [0, 0.1) is 0 Å². The summed E-state index contributed by atoms with van der Waals surface area (Å²) in [5.74, 6) is -0.552. The molecule has 6 nitrogen and oxygen atoms in total. The molecule has 1 aliphatic rings. The van der Waals surface area contributed by atoms with Crippen LogP contribution in [-0.2, 0) is 4.79 Å². The minimum Gasteiger partial charge on any atom is -0.477 e. The molecule has 7 heteroatoms. The van der Waals surface area contributed by atoms with Crippen LogP contribution in [-0.4, -0.2) is 25.8 Å². The molecular formula is C10H8N4O2S. The zero-order valence-corrected chi connectivity index (χ0v) is 9.39. The summed E-state index contributed by atoms with van der Waals surface area (Å²) in [6.07, 6.45) is 3.04. The number of allylic oxidation sites excluding steroid dienone is 1. The highest BCUT2D eigenvalue weighted by atomic mass is 32.1. The Hall–Kier alpha value is -2.15. The Kier molecular flexibility index (Phi) is 2.19. The molecule has 0 spiro atoms. The fraction of sp³-hybridized carbons (Fsp3) is 0.100. The van der Waals surface area contributed by atoms with Gasteiger partial charge in [-0.2, -0.15) is 10.1 Å². The first-order valence-electron chi connectivity index (χ1n) is 4.91. The third-order valence-corrected chi connectivity index (χ3v) is 3.42. The van der Waals surface area contributed by atoms with Gasteiger partial charge < -0.3 is 10.4 Å². The second-order valence-electron chi connectivity index (χ2n) is 3.50. The summed E-state index contributed by atoms with van der Waals surface area (Å²) in [6.45, 7) is 0. The van der Waals surface area contributed by atoms with Crippen molar-refractivity contribution in [1.82, 2.24) is 14.8 Å². The van der Waals surface area contributed by atoms with Gasteiger partial charge in [0.05, 0.1) is 0 Å². The smallest absolute Gasteiger partial charge is 0.352 e. The van der Waals surface area contributed by atoms with Crippen molar-refractivity contribution in [1.29, 1.82) is 0 Å². The van der Waals surface area contributed by atoms with E-state index < -0.39 is 5.97 Å². The molecule has 1 atom stereocenters. The van der Waals surface area contributed by atoms with Crippen LogP contribution >= 0.6 is 11.3 Å². The number of thiophene rings is 1. The van der Waals surface area contributed by atoms with Crippen LogP contribution in [0.2, 0.25) is 0 Å². The monoisotopic (exact) mass is 248 g/mol. The number of nitrogens with zero attached hydrogens (tertiary/aromatic N) is 3. The summed E-state index contributed by atoms with van der Waals surface area (Å²) >= 11 is 1.56. The van der Waals surface area contributed by atoms with E-state index in [4.69, 9.17) is 5.11 Å². The summed E-state index contributed by atoms with van der Waals surface area (Å²) in [6, 6.07) is 3.66. The van der Waals surface area contributed by atoms with Crippen molar-refractivity contribution in [2.24, 2.45) is 0 Å². The first-order valence-corrected chi connectivity index (χ1v) is 5.79. The number of nitrogens with one attached hydrogen (secondary N) is 1. The van der Waals surface area contributed by atoms with Crippen molar-refractivity contribution in [2.75, 3.05) is 5.32 Å². The lowest BCUT2D eigenvalue weighted by molar-refractivity contribution is -0.132. The molecular weight excluding hydrogens is 240 g/mol. The number of carbonyl (C=O) groups is 1. The first kappa shape index (κ1) is 10.0. The molecule has 86 valence electrons. The topological polar surface area (TPSA) is 80.0 Å². The summed E-state index contributed by atoms with van der Waals surface area (Å²) in [7, 11) is 0. The molecule has 2 N–H and O–H groups in total. The molecule has 0 amide bonds. The van der Waals surface area contributed by atoms with Crippen LogP contribution < -0.4 is 5.32 Å². The van der Waals surface area contributed by atoms with Gasteiger partial charge in [0, 0.05) is 4.88 Å². The average molecular weight is 248 g/mol. The molecule has 0 unspecified atom stereocenters. The molecule has 1 aliphatic heterocycles. The second-order valence-corrected chi connectivity index (χ2v) is 4.48. The number of fused-ring (bicyclic) bond motifs is 1. The van der Waals surface area contributed by atoms with Gasteiger partial charge in [-0.1, -0.05) is 6.07 Å². The minimum atomic E-state index is -0.999. The van der Waals surface area contributed by atoms with Crippen molar-refractivity contribution in [3.63, 3.8) is 0 Å². The molecule has 3 rings (SSSR count). The number of rotatable bonds is 2. The molecule has 0 aliphatic carbocycles. The lowest BCUT2D eigenvalue weighted by atomic mass is 10.2. The van der Waals surface area contributed by atoms with Gasteiger partial charge >= 0.3 is 5.97 Å². The fourth-order valence-electron chi connectivity index (χ4n) is 1.72. The fourth-order valence-corrected chi connectivity index (χ4v) is 2.50. The van der Waals surface area contributed by atoms with Crippen LogP contribution in [0.25, 0.3) is 0 Å². The van der Waals surface area contributed by atoms with Gasteiger partial charge in [0.25, 0.3) is 0 Å². The van der Waals surface area contributed by atoms with Gasteiger partial charge in [-0.25, -0.2) is 9.48 Å². The molecule has 0 saturated carbocycles. The van der Waals surface area contributed by atoms with Crippen molar-refractivity contribution < 1.29 is 9.90 Å². The summed E-state index contributed by atoms with van der Waals surface area (Å²) in [5, 5.41) is 17.8. The molecule has 2 aromatic rings. The van der Waals surface area contributed by atoms with Gasteiger partial charge in [-0.15, -0.1) is 11.3 Å². The molecule has 0 radical (unpaired) electrons. The number of hydrogen-bond donors (Lipinski definition) is 2. The van der Waals surface area contributed by atoms with Gasteiger partial charge in [0.2, 0.25) is 5.95 Å². The molecule has 0 fully saturated rings. The van der Waals surface area contributed by atoms with Crippen LogP contribution in [0.5, 0.6) is 0 Å². The Balaban J connectivity index is 2.10. The van der Waals surface area contributed by atoms with Crippen molar-refractivity contribution >= 4 is 23.3 Å². The highest BCUT2D eigenvalue weighted by Crippen LogP contribution is 2.30. The highest BCUT2D eigenvalue weighted by Gasteiger charge is 2.25. The van der Waals surface area contributed by atoms with Crippen LogP contribution in [0.1, 0.15) is 10.9 Å². The third kappa shape index (κ3) is 1.60. The number of carboxylic acid groups (broad SMARTS) is 1. The molecule has 3 heterocycles. The molecule has 0 saturated heterocycles. The van der Waals surface area contributed by atoms with Crippen LogP contribution in [0.15, 0.2) is 35.6 Å². The van der Waals surface area contributed by atoms with E-state index in [1.165, 1.54) is 6.33 Å². The Morgan fingerprint density at radius 1 is 1.59 bits per heavy atom. The van der Waals surface area contributed by atoms with Gasteiger partial charge in [-0.05, 0) is 17.5 Å². The van der Waals surface area contributed by atoms with Gasteiger partial charge in [0.15, 0.2) is 0 Å². The first-order chi connectivity index (χ1) is 8.25. The predicted octanol–water partition coefficient (Wildman–Crippen LogP) is 1.32. The molecule has 0 bridgehead atoms. The predicted molar refractivity (Wildman–Crippen MR) is 61.8 cm³/mol. The lowest BCUT2D eigenvalue weighted by Gasteiger charge is -2.21. The highest BCUT2D eigenvalue weighted by molar-refractivity contribution is 7.10. The van der Waals surface area contributed by atoms with E-state index in [0.717, 1.165) is 4.88 Å². The zero-order valence-electron chi connectivity index (χ0n) is 8.57. The maximum atomic E-state index is 11.0. The second kappa shape index (κ2) is 3.70. The van der Waals surface area contributed by atoms with Gasteiger partial charge in [0.1, 0.15) is 18.1 Å². The average Bonchev–Trinajstić information content (AvgIpc) is 2.98. The van der Waals surface area contributed by atoms with Crippen molar-refractivity contribution in [2.45, 2.75) is 6.04 Å². The van der Waals surface area contributed by atoms with E-state index in [2.05, 4.69) is 15.4 Å². The Morgan fingerprint density at radius 3 is 3.18 bits per heavy atom. The van der Waals surface area contributed by atoms with Crippen LogP contribution in [0.4, 0.5) is 5.95 Å². The maximum absolute atomic E-state index is 11.0. The molecule has 0 aromatic carbocycles. The number of aromatic nitrogens is 3. The van der Waals surface area contributed by atoms with E-state index in [1.54, 1.807) is 22.1 Å². The Bertz CT molecular complexity index is 587. The minimum absolute atomic E-state index is 0.129. The largest absolute Gasteiger partial charge is 0.477 e. The van der Waals surface area contributed by atoms with E-state index in [0.29, 0.717) is 5.95 Å².